The topological polar surface area (TPSA) is 69.9 Å². The van der Waals surface area contributed by atoms with E-state index in [-0.39, 0.29) is 17.7 Å². The van der Waals surface area contributed by atoms with Crippen molar-refractivity contribution in [3.8, 4) is 5.75 Å². The van der Waals surface area contributed by atoms with E-state index < -0.39 is 12.0 Å². The van der Waals surface area contributed by atoms with Crippen LogP contribution in [0.3, 0.4) is 0 Å². The van der Waals surface area contributed by atoms with Crippen molar-refractivity contribution in [2.24, 2.45) is 4.99 Å². The van der Waals surface area contributed by atoms with E-state index in [9.17, 15) is 9.59 Å². The van der Waals surface area contributed by atoms with Gasteiger partial charge in [-0.1, -0.05) is 64.3 Å². The van der Waals surface area contributed by atoms with Gasteiger partial charge in [0.15, 0.2) is 4.80 Å². The maximum Gasteiger partial charge on any atom is 0.338 e. The normalized spacial score (nSPS) is 15.7. The highest BCUT2D eigenvalue weighted by Crippen LogP contribution is 2.35. The zero-order valence-electron chi connectivity index (χ0n) is 18.4. The number of carbonyl (C=O) groups is 1. The lowest BCUT2D eigenvalue weighted by molar-refractivity contribution is -0.139. The Kier molecular flexibility index (Phi) is 7.19. The zero-order chi connectivity index (χ0) is 24.6. The van der Waals surface area contributed by atoms with E-state index in [1.807, 2.05) is 0 Å². The van der Waals surface area contributed by atoms with E-state index in [1.165, 1.54) is 23.0 Å². The number of aromatic nitrogens is 1. The molecule has 10 heteroatoms. The molecule has 2 heterocycles. The van der Waals surface area contributed by atoms with Crippen LogP contribution in [0.2, 0.25) is 15.1 Å². The summed E-state index contributed by atoms with van der Waals surface area (Å²) < 4.78 is 12.5. The molecular formula is C24H19Cl3N2O4S. The van der Waals surface area contributed by atoms with Crippen LogP contribution in [0, 0.1) is 0 Å². The molecule has 4 rings (SSSR count). The summed E-state index contributed by atoms with van der Waals surface area (Å²) in [6.45, 7) is 3.62. The number of carbonyl (C=O) groups excluding carboxylic acids is 1. The monoisotopic (exact) mass is 536 g/mol. The Morgan fingerprint density at radius 2 is 1.94 bits per heavy atom. The lowest BCUT2D eigenvalue weighted by Crippen LogP contribution is -2.40. The van der Waals surface area contributed by atoms with E-state index in [1.54, 1.807) is 56.3 Å². The number of allylic oxidation sites excluding steroid dienone is 1. The molecule has 1 atom stereocenters. The van der Waals surface area contributed by atoms with Crippen LogP contribution in [-0.2, 0) is 9.53 Å². The van der Waals surface area contributed by atoms with Crippen molar-refractivity contribution in [1.29, 1.82) is 0 Å². The van der Waals surface area contributed by atoms with E-state index in [0.29, 0.717) is 47.0 Å². The molecule has 0 bridgehead atoms. The van der Waals surface area contributed by atoms with Gasteiger partial charge in [0.25, 0.3) is 5.56 Å². The maximum atomic E-state index is 13.7. The molecule has 0 aliphatic carbocycles. The second kappa shape index (κ2) is 9.96. The number of benzene rings is 2. The molecule has 3 aromatic rings. The molecule has 34 heavy (non-hydrogen) atoms. The molecule has 0 amide bonds. The fourth-order valence-electron chi connectivity index (χ4n) is 3.83. The Morgan fingerprint density at radius 3 is 2.62 bits per heavy atom. The fourth-order valence-corrected chi connectivity index (χ4v) is 5.69. The number of halogens is 3. The van der Waals surface area contributed by atoms with Gasteiger partial charge in [-0.05, 0) is 43.7 Å². The number of thiazole rings is 1. The van der Waals surface area contributed by atoms with Crippen LogP contribution in [-0.4, -0.2) is 24.3 Å². The predicted molar refractivity (Wildman–Crippen MR) is 135 cm³/mol. The van der Waals surface area contributed by atoms with E-state index in [0.717, 1.165) is 0 Å². The van der Waals surface area contributed by atoms with Crippen molar-refractivity contribution in [2.75, 3.05) is 13.7 Å². The summed E-state index contributed by atoms with van der Waals surface area (Å²) >= 11 is 20.1. The number of rotatable bonds is 5. The molecule has 1 aliphatic rings. The largest absolute Gasteiger partial charge is 0.495 e. The van der Waals surface area contributed by atoms with Gasteiger partial charge in [-0.3, -0.25) is 9.36 Å². The van der Waals surface area contributed by atoms with Crippen molar-refractivity contribution < 1.29 is 14.3 Å². The highest BCUT2D eigenvalue weighted by atomic mass is 35.5. The molecule has 0 unspecified atom stereocenters. The van der Waals surface area contributed by atoms with Gasteiger partial charge in [0.2, 0.25) is 0 Å². The summed E-state index contributed by atoms with van der Waals surface area (Å²) in [5.41, 5.74) is 1.51. The van der Waals surface area contributed by atoms with Crippen molar-refractivity contribution in [3.63, 3.8) is 0 Å². The third kappa shape index (κ3) is 4.41. The number of fused-ring (bicyclic) bond motifs is 1. The molecule has 0 saturated carbocycles. The molecule has 0 radical (unpaired) electrons. The summed E-state index contributed by atoms with van der Waals surface area (Å²) in [6.07, 6.45) is 1.65. The molecule has 6 nitrogen and oxygen atoms in total. The van der Waals surface area contributed by atoms with Crippen molar-refractivity contribution in [3.05, 3.63) is 93.6 Å². The van der Waals surface area contributed by atoms with Gasteiger partial charge in [0.05, 0.1) is 34.5 Å². The van der Waals surface area contributed by atoms with Crippen LogP contribution >= 0.6 is 46.1 Å². The number of hydrogen-bond acceptors (Lipinski definition) is 6. The standard InChI is InChI=1S/C24H19Cl3N2O4S/c1-4-33-23(31)19-12(2)28-24-29(20(19)15-7-5-6-8-16(15)26)22(30)18(34-24)10-13-9-14(25)11-17(27)21(13)32-3/h5-11,20H,4H2,1-3H3/b18-10-/t20-/m1/s1. The van der Waals surface area contributed by atoms with E-state index >= 15 is 0 Å². The first kappa shape index (κ1) is 24.5. The number of nitrogens with zero attached hydrogens (tertiary/aromatic N) is 2. The second-order valence-electron chi connectivity index (χ2n) is 7.33. The second-order valence-corrected chi connectivity index (χ2v) is 9.59. The predicted octanol–water partition coefficient (Wildman–Crippen LogP) is 4.77. The molecule has 2 aromatic carbocycles. The van der Waals surface area contributed by atoms with Crippen molar-refractivity contribution in [1.82, 2.24) is 4.57 Å². The molecule has 0 fully saturated rings. The molecule has 176 valence electrons. The van der Waals surface area contributed by atoms with E-state index in [2.05, 4.69) is 4.99 Å². The molecular weight excluding hydrogens is 519 g/mol. The summed E-state index contributed by atoms with van der Waals surface area (Å²) in [7, 11) is 1.49. The van der Waals surface area contributed by atoms with Crippen LogP contribution in [0.1, 0.15) is 31.0 Å². The average molecular weight is 538 g/mol. The summed E-state index contributed by atoms with van der Waals surface area (Å²) in [5.74, 6) is -0.158. The minimum Gasteiger partial charge on any atom is -0.495 e. The highest BCUT2D eigenvalue weighted by Gasteiger charge is 2.34. The SMILES string of the molecule is CCOC(=O)C1=C(C)N=c2s/c(=C\c3cc(Cl)cc(Cl)c3OC)c(=O)n2[C@@H]1c1ccccc1Cl. The average Bonchev–Trinajstić information content (AvgIpc) is 3.07. The third-order valence-electron chi connectivity index (χ3n) is 5.24. The van der Waals surface area contributed by atoms with Gasteiger partial charge in [-0.25, -0.2) is 9.79 Å². The minimum atomic E-state index is -0.795. The molecule has 1 aliphatic heterocycles. The Labute approximate surface area is 214 Å². The van der Waals surface area contributed by atoms with Gasteiger partial charge >= 0.3 is 5.97 Å². The number of hydrogen-bond donors (Lipinski definition) is 0. The summed E-state index contributed by atoms with van der Waals surface area (Å²) in [4.78, 5) is 31.6. The lowest BCUT2D eigenvalue weighted by Gasteiger charge is -2.25. The van der Waals surface area contributed by atoms with Crippen LogP contribution in [0.15, 0.2) is 57.5 Å². The summed E-state index contributed by atoms with van der Waals surface area (Å²) in [6, 6.07) is 9.50. The Morgan fingerprint density at radius 1 is 1.21 bits per heavy atom. The first-order chi connectivity index (χ1) is 16.3. The summed E-state index contributed by atoms with van der Waals surface area (Å²) in [5, 5.41) is 1.14. The van der Waals surface area contributed by atoms with Crippen LogP contribution in [0.5, 0.6) is 5.75 Å². The van der Waals surface area contributed by atoms with Gasteiger partial charge in [-0.15, -0.1) is 0 Å². The fraction of sp³-hybridized carbons (Fsp3) is 0.208. The Balaban J connectivity index is 2.01. The smallest absolute Gasteiger partial charge is 0.338 e. The first-order valence-electron chi connectivity index (χ1n) is 10.2. The lowest BCUT2D eigenvalue weighted by atomic mass is 9.96. The van der Waals surface area contributed by atoms with Crippen molar-refractivity contribution in [2.45, 2.75) is 19.9 Å². The van der Waals surface area contributed by atoms with Crippen LogP contribution < -0.4 is 19.6 Å². The highest BCUT2D eigenvalue weighted by molar-refractivity contribution is 7.07. The quantitative estimate of drug-likeness (QED) is 0.440. The minimum absolute atomic E-state index is 0.185. The molecule has 0 spiro atoms. The van der Waals surface area contributed by atoms with Crippen molar-refractivity contribution >= 4 is 58.2 Å². The van der Waals surface area contributed by atoms with Gasteiger partial charge in [0, 0.05) is 15.6 Å². The van der Waals surface area contributed by atoms with E-state index in [4.69, 9.17) is 44.3 Å². The first-order valence-corrected chi connectivity index (χ1v) is 12.2. The number of methoxy groups -OCH3 is 1. The molecule has 0 saturated heterocycles. The van der Waals surface area contributed by atoms with Crippen LogP contribution in [0.25, 0.3) is 6.08 Å². The Hall–Kier alpha value is -2.58. The van der Waals surface area contributed by atoms with Gasteiger partial charge in [-0.2, -0.15) is 0 Å². The molecule has 0 N–H and O–H groups in total. The maximum absolute atomic E-state index is 13.7. The Bertz CT molecular complexity index is 1510. The van der Waals surface area contributed by atoms with Gasteiger partial charge < -0.3 is 9.47 Å². The molecule has 1 aromatic heterocycles. The number of ether oxygens (including phenoxy) is 2. The zero-order valence-corrected chi connectivity index (χ0v) is 21.5. The third-order valence-corrected chi connectivity index (χ3v) is 7.07. The number of esters is 1. The van der Waals surface area contributed by atoms with Crippen LogP contribution in [0.4, 0.5) is 0 Å². The van der Waals surface area contributed by atoms with Gasteiger partial charge in [0.1, 0.15) is 11.8 Å².